The Balaban J connectivity index is 1.64. The van der Waals surface area contributed by atoms with Crippen molar-refractivity contribution in [3.8, 4) is 10.6 Å². The number of fused-ring (bicyclic) bond motifs is 1. The monoisotopic (exact) mass is 379 g/mol. The van der Waals surface area contributed by atoms with Crippen molar-refractivity contribution in [3.63, 3.8) is 0 Å². The summed E-state index contributed by atoms with van der Waals surface area (Å²) in [5, 5.41) is 0.857. The van der Waals surface area contributed by atoms with E-state index in [1.807, 2.05) is 30.3 Å². The second kappa shape index (κ2) is 7.50. The summed E-state index contributed by atoms with van der Waals surface area (Å²) in [7, 11) is 2.17. The molecule has 1 atom stereocenters. The van der Waals surface area contributed by atoms with E-state index in [0.29, 0.717) is 5.56 Å². The summed E-state index contributed by atoms with van der Waals surface area (Å²) in [6.45, 7) is 4.11. The van der Waals surface area contributed by atoms with E-state index < -0.39 is 0 Å². The number of nitrogens with one attached hydrogen (secondary N) is 3. The predicted octanol–water partition coefficient (Wildman–Crippen LogP) is 2.31. The Kier molecular flexibility index (Phi) is 4.92. The van der Waals surface area contributed by atoms with Crippen molar-refractivity contribution >= 4 is 28.1 Å². The molecule has 4 rings (SSSR count). The van der Waals surface area contributed by atoms with Crippen LogP contribution >= 0.6 is 11.3 Å². The zero-order valence-electron chi connectivity index (χ0n) is 15.5. The molecule has 1 aromatic carbocycles. The first kappa shape index (κ1) is 17.7. The van der Waals surface area contributed by atoms with Crippen molar-refractivity contribution in [1.29, 1.82) is 0 Å². The molecular formula is C21H23N4OS+. The Morgan fingerprint density at radius 2 is 2.07 bits per heavy atom. The third-order valence-corrected chi connectivity index (χ3v) is 5.83. The van der Waals surface area contributed by atoms with Crippen LogP contribution in [0, 0.1) is 6.92 Å². The van der Waals surface area contributed by atoms with Crippen LogP contribution in [0.4, 0.5) is 0 Å². The third-order valence-electron chi connectivity index (χ3n) is 4.81. The van der Waals surface area contributed by atoms with Gasteiger partial charge in [-0.2, -0.15) is 0 Å². The van der Waals surface area contributed by atoms with E-state index in [1.54, 1.807) is 11.3 Å². The molecule has 2 aromatic heterocycles. The molecule has 138 valence electrons. The smallest absolute Gasteiger partial charge is 0.270 e. The van der Waals surface area contributed by atoms with Gasteiger partial charge in [0.2, 0.25) is 0 Å². The summed E-state index contributed by atoms with van der Waals surface area (Å²) in [4.78, 5) is 21.5. The highest BCUT2D eigenvalue weighted by atomic mass is 32.1. The van der Waals surface area contributed by atoms with E-state index in [-0.39, 0.29) is 5.91 Å². The molecule has 3 N–H and O–H groups in total. The molecule has 3 aromatic rings. The van der Waals surface area contributed by atoms with Crippen molar-refractivity contribution in [2.75, 3.05) is 20.1 Å². The first-order valence-electron chi connectivity index (χ1n) is 9.13. The van der Waals surface area contributed by atoms with Gasteiger partial charge in [-0.15, -0.1) is 11.3 Å². The quantitative estimate of drug-likeness (QED) is 0.610. The number of pyridine rings is 1. The van der Waals surface area contributed by atoms with Crippen molar-refractivity contribution in [2.24, 2.45) is 0 Å². The summed E-state index contributed by atoms with van der Waals surface area (Å²) in [6.07, 6.45) is 3.08. The highest BCUT2D eigenvalue weighted by molar-refractivity contribution is 7.15. The number of para-hydroxylation sites is 1. The number of thiophene rings is 1. The van der Waals surface area contributed by atoms with Gasteiger partial charge in [0.25, 0.3) is 5.91 Å². The van der Waals surface area contributed by atoms with E-state index in [4.69, 9.17) is 4.98 Å². The molecular weight excluding hydrogens is 356 g/mol. The highest BCUT2D eigenvalue weighted by Gasteiger charge is 2.16. The molecule has 0 fully saturated rings. The second-order valence-corrected chi connectivity index (χ2v) is 8.24. The van der Waals surface area contributed by atoms with Crippen molar-refractivity contribution in [1.82, 2.24) is 15.8 Å². The van der Waals surface area contributed by atoms with Crippen LogP contribution in [-0.2, 0) is 0 Å². The summed E-state index contributed by atoms with van der Waals surface area (Å²) < 4.78 is 0. The molecule has 0 spiro atoms. The third kappa shape index (κ3) is 3.86. The first-order valence-corrected chi connectivity index (χ1v) is 9.95. The van der Waals surface area contributed by atoms with E-state index in [9.17, 15) is 4.79 Å². The standard InChI is InChI=1S/C21H22N4OS/c1-14-7-8-20(27-14)19-13-17(16-5-3-4-6-18(16)22-19)21(26)24-23-15-9-11-25(2)12-10-15/h3-9,13,23H,10-12H2,1-2H3,(H,24,26)/p+1. The number of hydrogen-bond acceptors (Lipinski definition) is 4. The van der Waals surface area contributed by atoms with Crippen molar-refractivity contribution in [2.45, 2.75) is 13.3 Å². The van der Waals surface area contributed by atoms with Gasteiger partial charge >= 0.3 is 0 Å². The largest absolute Gasteiger partial charge is 0.334 e. The van der Waals surface area contributed by atoms with E-state index in [0.717, 1.165) is 46.7 Å². The van der Waals surface area contributed by atoms with E-state index in [1.165, 1.54) is 9.78 Å². The number of carbonyl (C=O) groups excluding carboxylic acids is 1. The number of nitrogens with zero attached hydrogens (tertiary/aromatic N) is 1. The summed E-state index contributed by atoms with van der Waals surface area (Å²) >= 11 is 1.68. The number of amides is 1. The average molecular weight is 380 g/mol. The number of likely N-dealkylation sites (N-methyl/N-ethyl adjacent to an activating group) is 1. The molecule has 27 heavy (non-hydrogen) atoms. The maximum atomic E-state index is 12.9. The zero-order valence-corrected chi connectivity index (χ0v) is 16.3. The van der Waals surface area contributed by atoms with Gasteiger partial charge in [0, 0.05) is 22.4 Å². The topological polar surface area (TPSA) is 58.5 Å². The Morgan fingerprint density at radius 3 is 2.81 bits per heavy atom. The molecule has 1 aliphatic heterocycles. The summed E-state index contributed by atoms with van der Waals surface area (Å²) in [5.74, 6) is -0.143. The Morgan fingerprint density at radius 1 is 1.22 bits per heavy atom. The number of quaternary nitrogens is 1. The van der Waals surface area contributed by atoms with Gasteiger partial charge in [0.1, 0.15) is 0 Å². The minimum absolute atomic E-state index is 0.143. The molecule has 0 aliphatic carbocycles. The summed E-state index contributed by atoms with van der Waals surface area (Å²) in [5.41, 5.74) is 9.33. The zero-order chi connectivity index (χ0) is 18.8. The number of carbonyl (C=O) groups is 1. The van der Waals surface area contributed by atoms with Crippen LogP contribution in [0.25, 0.3) is 21.5 Å². The van der Waals surface area contributed by atoms with Crippen molar-refractivity contribution < 1.29 is 9.69 Å². The van der Waals surface area contributed by atoms with Crippen LogP contribution in [0.2, 0.25) is 0 Å². The number of aromatic nitrogens is 1. The molecule has 0 radical (unpaired) electrons. The molecule has 1 amide bonds. The predicted molar refractivity (Wildman–Crippen MR) is 110 cm³/mol. The fraction of sp³-hybridized carbons (Fsp3) is 0.238. The van der Waals surface area contributed by atoms with Gasteiger partial charge in [-0.3, -0.25) is 10.2 Å². The lowest BCUT2D eigenvalue weighted by atomic mass is 10.1. The van der Waals surface area contributed by atoms with Crippen LogP contribution < -0.4 is 15.8 Å². The normalized spacial score (nSPS) is 16.8. The van der Waals surface area contributed by atoms with Crippen LogP contribution in [0.15, 0.2) is 54.2 Å². The Bertz CT molecular complexity index is 1020. The highest BCUT2D eigenvalue weighted by Crippen LogP contribution is 2.29. The fourth-order valence-corrected chi connectivity index (χ4v) is 4.06. The lowest BCUT2D eigenvalue weighted by Crippen LogP contribution is -3.09. The van der Waals surface area contributed by atoms with Gasteiger partial charge in [0.15, 0.2) is 0 Å². The molecule has 3 heterocycles. The molecule has 0 saturated carbocycles. The molecule has 6 heteroatoms. The van der Waals surface area contributed by atoms with E-state index >= 15 is 0 Å². The number of hydrazine groups is 1. The van der Waals surface area contributed by atoms with Crippen LogP contribution in [0.1, 0.15) is 21.7 Å². The summed E-state index contributed by atoms with van der Waals surface area (Å²) in [6, 6.07) is 13.8. The van der Waals surface area contributed by atoms with Crippen LogP contribution in [-0.4, -0.2) is 31.0 Å². The van der Waals surface area contributed by atoms with Crippen molar-refractivity contribution in [3.05, 3.63) is 64.7 Å². The Labute approximate surface area is 162 Å². The second-order valence-electron chi connectivity index (χ2n) is 6.95. The van der Waals surface area contributed by atoms with Gasteiger partial charge in [-0.05, 0) is 37.3 Å². The molecule has 1 aliphatic rings. The lowest BCUT2D eigenvalue weighted by molar-refractivity contribution is -0.875. The number of benzene rings is 1. The maximum Gasteiger partial charge on any atom is 0.270 e. The minimum Gasteiger partial charge on any atom is -0.334 e. The molecule has 0 saturated heterocycles. The lowest BCUT2D eigenvalue weighted by Gasteiger charge is -2.20. The Hall–Kier alpha value is -2.70. The van der Waals surface area contributed by atoms with Gasteiger partial charge < -0.3 is 10.3 Å². The SMILES string of the molecule is Cc1ccc(-c2cc(C(=O)NNC3=CC[NH+](C)CC3)c3ccccc3n2)s1. The number of aryl methyl sites for hydroxylation is 1. The van der Waals surface area contributed by atoms with Crippen LogP contribution in [0.5, 0.6) is 0 Å². The fourth-order valence-electron chi connectivity index (χ4n) is 3.23. The van der Waals surface area contributed by atoms with E-state index in [2.05, 4.69) is 43.0 Å². The molecule has 1 unspecified atom stereocenters. The van der Waals surface area contributed by atoms with Gasteiger partial charge in [-0.1, -0.05) is 18.2 Å². The maximum absolute atomic E-state index is 12.9. The first-order chi connectivity index (χ1) is 13.1. The van der Waals surface area contributed by atoms with Gasteiger partial charge in [-0.25, -0.2) is 4.98 Å². The number of rotatable bonds is 4. The molecule has 0 bridgehead atoms. The number of hydrogen-bond donors (Lipinski definition) is 3. The average Bonchev–Trinajstić information content (AvgIpc) is 3.13. The minimum atomic E-state index is -0.143. The molecule has 5 nitrogen and oxygen atoms in total. The van der Waals surface area contributed by atoms with Crippen LogP contribution in [0.3, 0.4) is 0 Å². The van der Waals surface area contributed by atoms with Gasteiger partial charge in [0.05, 0.1) is 41.8 Å².